The molecule has 0 radical (unpaired) electrons. The Morgan fingerprint density at radius 2 is 2.09 bits per heavy atom. The third-order valence-corrected chi connectivity index (χ3v) is 4.80. The van der Waals surface area contributed by atoms with Crippen LogP contribution in [0.25, 0.3) is 0 Å². The van der Waals surface area contributed by atoms with E-state index in [0.717, 1.165) is 12.0 Å². The van der Waals surface area contributed by atoms with E-state index in [1.807, 2.05) is 11.8 Å². The zero-order chi connectivity index (χ0) is 15.5. The number of aliphatic hydroxyl groups excluding tert-OH is 1. The first kappa shape index (κ1) is 15.5. The second-order valence-corrected chi connectivity index (χ2v) is 6.52. The number of morpholine rings is 1. The lowest BCUT2D eigenvalue weighted by Crippen LogP contribution is -2.52. The van der Waals surface area contributed by atoms with E-state index in [1.54, 1.807) is 0 Å². The van der Waals surface area contributed by atoms with E-state index in [4.69, 9.17) is 4.74 Å². The van der Waals surface area contributed by atoms with Gasteiger partial charge in [0.2, 0.25) is 5.91 Å². The number of carbonyl (C=O) groups excluding carboxylic acids is 1. The summed E-state index contributed by atoms with van der Waals surface area (Å²) in [7, 11) is 0. The number of rotatable bonds is 3. The van der Waals surface area contributed by atoms with Gasteiger partial charge in [0, 0.05) is 6.54 Å². The highest BCUT2D eigenvalue weighted by molar-refractivity contribution is 5.79. The van der Waals surface area contributed by atoms with Crippen LogP contribution in [0.4, 0.5) is 0 Å². The molecular formula is C18H25NO3. The third kappa shape index (κ3) is 3.33. The van der Waals surface area contributed by atoms with Crippen LogP contribution in [0.3, 0.4) is 0 Å². The van der Waals surface area contributed by atoms with Crippen molar-refractivity contribution in [1.82, 2.24) is 4.90 Å². The summed E-state index contributed by atoms with van der Waals surface area (Å²) in [4.78, 5) is 14.4. The molecule has 1 saturated heterocycles. The Labute approximate surface area is 132 Å². The maximum absolute atomic E-state index is 12.6. The van der Waals surface area contributed by atoms with Crippen molar-refractivity contribution in [3.8, 4) is 0 Å². The molecule has 1 fully saturated rings. The zero-order valence-electron chi connectivity index (χ0n) is 13.3. The maximum Gasteiger partial charge on any atom is 0.227 e. The average molecular weight is 303 g/mol. The molecule has 0 bridgehead atoms. The summed E-state index contributed by atoms with van der Waals surface area (Å²) in [6.45, 7) is 2.95. The molecule has 4 heteroatoms. The lowest BCUT2D eigenvalue weighted by molar-refractivity contribution is -0.145. The molecule has 4 nitrogen and oxygen atoms in total. The number of ether oxygens (including phenoxy) is 1. The van der Waals surface area contributed by atoms with Gasteiger partial charge in [-0.25, -0.2) is 0 Å². The summed E-state index contributed by atoms with van der Waals surface area (Å²) in [5.41, 5.74) is 3.97. The van der Waals surface area contributed by atoms with Crippen LogP contribution in [0.15, 0.2) is 18.2 Å². The van der Waals surface area contributed by atoms with Gasteiger partial charge in [0.05, 0.1) is 31.8 Å². The Kier molecular flexibility index (Phi) is 4.79. The normalized spacial score (nSPS) is 24.9. The van der Waals surface area contributed by atoms with E-state index in [-0.39, 0.29) is 24.7 Å². The van der Waals surface area contributed by atoms with Crippen molar-refractivity contribution in [2.45, 2.75) is 51.2 Å². The number of carbonyl (C=O) groups is 1. The lowest BCUT2D eigenvalue weighted by atomic mass is 9.90. The van der Waals surface area contributed by atoms with Gasteiger partial charge in [0.25, 0.3) is 0 Å². The number of aliphatic hydroxyl groups is 1. The second kappa shape index (κ2) is 6.80. The number of amides is 1. The molecule has 1 aliphatic carbocycles. The maximum atomic E-state index is 12.6. The van der Waals surface area contributed by atoms with Crippen LogP contribution in [0.5, 0.6) is 0 Å². The fraction of sp³-hybridized carbons (Fsp3) is 0.611. The quantitative estimate of drug-likeness (QED) is 0.925. The molecule has 1 aromatic carbocycles. The Morgan fingerprint density at radius 3 is 2.86 bits per heavy atom. The van der Waals surface area contributed by atoms with Crippen molar-refractivity contribution in [3.63, 3.8) is 0 Å². The van der Waals surface area contributed by atoms with Crippen molar-refractivity contribution >= 4 is 5.91 Å². The van der Waals surface area contributed by atoms with E-state index < -0.39 is 0 Å². The van der Waals surface area contributed by atoms with Crippen LogP contribution in [0.2, 0.25) is 0 Å². The monoisotopic (exact) mass is 303 g/mol. The van der Waals surface area contributed by atoms with Gasteiger partial charge in [-0.15, -0.1) is 0 Å². The van der Waals surface area contributed by atoms with Crippen molar-refractivity contribution in [2.24, 2.45) is 0 Å². The van der Waals surface area contributed by atoms with Gasteiger partial charge in [-0.2, -0.15) is 0 Å². The summed E-state index contributed by atoms with van der Waals surface area (Å²) in [5.74, 6) is 0.130. The Morgan fingerprint density at radius 1 is 1.32 bits per heavy atom. The lowest BCUT2D eigenvalue weighted by Gasteiger charge is -2.37. The molecule has 2 aliphatic rings. The fourth-order valence-electron chi connectivity index (χ4n) is 3.45. The van der Waals surface area contributed by atoms with Gasteiger partial charge >= 0.3 is 0 Å². The molecule has 1 heterocycles. The third-order valence-electron chi connectivity index (χ3n) is 4.80. The Bertz CT molecular complexity index is 543. The summed E-state index contributed by atoms with van der Waals surface area (Å²) in [6, 6.07) is 6.57. The molecule has 0 aromatic heterocycles. The first-order valence-corrected chi connectivity index (χ1v) is 8.30. The molecule has 0 saturated carbocycles. The highest BCUT2D eigenvalue weighted by Crippen LogP contribution is 2.23. The summed E-state index contributed by atoms with van der Waals surface area (Å²) in [6.07, 6.45) is 5.03. The largest absolute Gasteiger partial charge is 0.394 e. The van der Waals surface area contributed by atoms with Gasteiger partial charge in [0.1, 0.15) is 0 Å². The summed E-state index contributed by atoms with van der Waals surface area (Å²) < 4.78 is 5.50. The van der Waals surface area contributed by atoms with E-state index >= 15 is 0 Å². The molecule has 1 aromatic rings. The van der Waals surface area contributed by atoms with Gasteiger partial charge < -0.3 is 14.7 Å². The van der Waals surface area contributed by atoms with Gasteiger partial charge in [-0.3, -0.25) is 4.79 Å². The Hall–Kier alpha value is -1.39. The van der Waals surface area contributed by atoms with Crippen LogP contribution >= 0.6 is 0 Å². The van der Waals surface area contributed by atoms with Crippen LogP contribution in [0.1, 0.15) is 36.5 Å². The molecule has 1 aliphatic heterocycles. The highest BCUT2D eigenvalue weighted by Gasteiger charge is 2.29. The summed E-state index contributed by atoms with van der Waals surface area (Å²) >= 11 is 0. The van der Waals surface area contributed by atoms with E-state index in [2.05, 4.69) is 18.2 Å². The van der Waals surface area contributed by atoms with E-state index in [9.17, 15) is 9.90 Å². The number of benzene rings is 1. The number of hydrogen-bond acceptors (Lipinski definition) is 3. The highest BCUT2D eigenvalue weighted by atomic mass is 16.5. The topological polar surface area (TPSA) is 49.8 Å². The van der Waals surface area contributed by atoms with E-state index in [1.165, 1.54) is 30.4 Å². The van der Waals surface area contributed by atoms with Crippen LogP contribution in [-0.4, -0.2) is 47.8 Å². The minimum atomic E-state index is -0.247. The molecule has 3 rings (SSSR count). The summed E-state index contributed by atoms with van der Waals surface area (Å²) in [5, 5.41) is 9.24. The number of fused-ring (bicyclic) bond motifs is 1. The van der Waals surface area contributed by atoms with Crippen molar-refractivity contribution < 1.29 is 14.6 Å². The number of hydrogen-bond donors (Lipinski definition) is 1. The molecular weight excluding hydrogens is 278 g/mol. The predicted octanol–water partition coefficient (Wildman–Crippen LogP) is 1.72. The minimum absolute atomic E-state index is 0.0324. The molecule has 120 valence electrons. The zero-order valence-corrected chi connectivity index (χ0v) is 13.3. The first-order chi connectivity index (χ1) is 10.7. The van der Waals surface area contributed by atoms with Crippen LogP contribution in [-0.2, 0) is 28.8 Å². The predicted molar refractivity (Wildman–Crippen MR) is 84.8 cm³/mol. The molecule has 0 spiro atoms. The van der Waals surface area contributed by atoms with Gasteiger partial charge in [-0.1, -0.05) is 18.2 Å². The second-order valence-electron chi connectivity index (χ2n) is 6.52. The molecule has 1 amide bonds. The first-order valence-electron chi connectivity index (χ1n) is 8.30. The Balaban J connectivity index is 1.68. The van der Waals surface area contributed by atoms with Crippen molar-refractivity contribution in [3.05, 3.63) is 34.9 Å². The molecule has 22 heavy (non-hydrogen) atoms. The smallest absolute Gasteiger partial charge is 0.227 e. The molecule has 1 N–H and O–H groups in total. The van der Waals surface area contributed by atoms with Crippen LogP contribution in [0, 0.1) is 0 Å². The SMILES string of the molecule is CC1COC(CO)CN1C(=O)Cc1ccc2c(c1)CCCC2. The van der Waals surface area contributed by atoms with Crippen molar-refractivity contribution in [2.75, 3.05) is 19.8 Å². The fourth-order valence-corrected chi connectivity index (χ4v) is 3.45. The standard InChI is InChI=1S/C18H25NO3/c1-13-12-22-17(11-20)10-19(13)18(21)9-14-6-7-15-4-2-3-5-16(15)8-14/h6-8,13,17,20H,2-5,9-12H2,1H3. The number of aryl methyl sites for hydroxylation is 2. The molecule has 2 unspecified atom stereocenters. The molecule has 2 atom stereocenters. The van der Waals surface area contributed by atoms with Crippen LogP contribution < -0.4 is 0 Å². The van der Waals surface area contributed by atoms with Gasteiger partial charge in [0.15, 0.2) is 0 Å². The average Bonchev–Trinajstić information content (AvgIpc) is 2.55. The minimum Gasteiger partial charge on any atom is -0.394 e. The van der Waals surface area contributed by atoms with Crippen molar-refractivity contribution in [1.29, 1.82) is 0 Å². The van der Waals surface area contributed by atoms with E-state index in [0.29, 0.717) is 19.6 Å². The number of nitrogens with zero attached hydrogens (tertiary/aromatic N) is 1. The van der Waals surface area contributed by atoms with Gasteiger partial charge in [-0.05, 0) is 49.3 Å².